The Kier molecular flexibility index (Phi) is 4.42. The van der Waals surface area contributed by atoms with Crippen LogP contribution in [0.15, 0.2) is 6.20 Å². The van der Waals surface area contributed by atoms with Gasteiger partial charge in [0, 0.05) is 30.9 Å². The Balaban J connectivity index is 2.10. The zero-order chi connectivity index (χ0) is 14.9. The number of aromatic nitrogens is 2. The normalized spacial score (nSPS) is 24.4. The Morgan fingerprint density at radius 1 is 1.35 bits per heavy atom. The molecule has 0 spiro atoms. The fraction of sp³-hybridized carbons (Fsp3) is 0.786. The SMILES string of the molecule is Cc1c(CN(C)[C@H]2CCCC[C@H]2C(F)(F)F)cnn1C. The second-order valence-corrected chi connectivity index (χ2v) is 5.79. The third kappa shape index (κ3) is 3.16. The topological polar surface area (TPSA) is 21.1 Å². The predicted octanol–water partition coefficient (Wildman–Crippen LogP) is 3.28. The van der Waals surface area contributed by atoms with Gasteiger partial charge in [0.25, 0.3) is 0 Å². The highest BCUT2D eigenvalue weighted by molar-refractivity contribution is 5.15. The quantitative estimate of drug-likeness (QED) is 0.851. The third-order valence-corrected chi connectivity index (χ3v) is 4.47. The summed E-state index contributed by atoms with van der Waals surface area (Å²) < 4.78 is 41.1. The summed E-state index contributed by atoms with van der Waals surface area (Å²) in [6, 6.07) is -0.414. The second-order valence-electron chi connectivity index (χ2n) is 5.79. The molecule has 1 saturated carbocycles. The van der Waals surface area contributed by atoms with Crippen molar-refractivity contribution in [3.8, 4) is 0 Å². The van der Waals surface area contributed by atoms with Gasteiger partial charge in [0.05, 0.1) is 12.1 Å². The molecule has 1 aliphatic carbocycles. The van der Waals surface area contributed by atoms with E-state index in [0.29, 0.717) is 19.4 Å². The maximum Gasteiger partial charge on any atom is 0.393 e. The van der Waals surface area contributed by atoms with Crippen LogP contribution in [0.3, 0.4) is 0 Å². The largest absolute Gasteiger partial charge is 0.393 e. The van der Waals surface area contributed by atoms with Crippen LogP contribution in [-0.4, -0.2) is 33.9 Å². The summed E-state index contributed by atoms with van der Waals surface area (Å²) in [6.45, 7) is 2.47. The summed E-state index contributed by atoms with van der Waals surface area (Å²) in [5, 5.41) is 4.15. The molecule has 0 amide bonds. The van der Waals surface area contributed by atoms with Gasteiger partial charge < -0.3 is 0 Å². The number of hydrogen-bond acceptors (Lipinski definition) is 2. The van der Waals surface area contributed by atoms with Crippen LogP contribution in [0.2, 0.25) is 0 Å². The molecule has 0 aliphatic heterocycles. The zero-order valence-corrected chi connectivity index (χ0v) is 12.2. The van der Waals surface area contributed by atoms with Crippen LogP contribution in [0.5, 0.6) is 0 Å². The molecule has 2 atom stereocenters. The molecule has 3 nitrogen and oxygen atoms in total. The number of halogens is 3. The molecule has 0 saturated heterocycles. The number of alkyl halides is 3. The lowest BCUT2D eigenvalue weighted by Gasteiger charge is -2.38. The molecule has 0 unspecified atom stereocenters. The van der Waals surface area contributed by atoms with Gasteiger partial charge in [-0.15, -0.1) is 0 Å². The first kappa shape index (κ1) is 15.4. The fourth-order valence-electron chi connectivity index (χ4n) is 3.11. The molecule has 114 valence electrons. The Morgan fingerprint density at radius 2 is 2.00 bits per heavy atom. The van der Waals surface area contributed by atoms with Gasteiger partial charge >= 0.3 is 6.18 Å². The van der Waals surface area contributed by atoms with Gasteiger partial charge in [0.1, 0.15) is 0 Å². The molecule has 6 heteroatoms. The van der Waals surface area contributed by atoms with Crippen LogP contribution in [0.25, 0.3) is 0 Å². The summed E-state index contributed by atoms with van der Waals surface area (Å²) in [5.74, 6) is -1.20. The van der Waals surface area contributed by atoms with Crippen molar-refractivity contribution in [3.63, 3.8) is 0 Å². The number of hydrogen-bond donors (Lipinski definition) is 0. The summed E-state index contributed by atoms with van der Waals surface area (Å²) in [5.41, 5.74) is 2.01. The fourth-order valence-corrected chi connectivity index (χ4v) is 3.11. The highest BCUT2D eigenvalue weighted by Crippen LogP contribution is 2.40. The van der Waals surface area contributed by atoms with E-state index in [1.807, 2.05) is 18.9 Å². The summed E-state index contributed by atoms with van der Waals surface area (Å²) in [4.78, 5) is 1.85. The molecule has 1 aliphatic rings. The molecule has 0 bridgehead atoms. The Bertz CT molecular complexity index is 453. The molecule has 1 aromatic rings. The standard InChI is InChI=1S/C14H22F3N3/c1-10-11(8-18-20(10)3)9-19(2)13-7-5-4-6-12(13)14(15,16)17/h8,12-13H,4-7,9H2,1-3H3/t12-,13+/m1/s1. The van der Waals surface area contributed by atoms with Gasteiger partial charge in [0.2, 0.25) is 0 Å². The van der Waals surface area contributed by atoms with Gasteiger partial charge in [-0.1, -0.05) is 12.8 Å². The number of aryl methyl sites for hydroxylation is 1. The van der Waals surface area contributed by atoms with Crippen molar-refractivity contribution in [2.75, 3.05) is 7.05 Å². The van der Waals surface area contributed by atoms with E-state index in [2.05, 4.69) is 5.10 Å². The number of rotatable bonds is 3. The van der Waals surface area contributed by atoms with Gasteiger partial charge in [-0.2, -0.15) is 18.3 Å². The minimum absolute atomic E-state index is 0.254. The zero-order valence-electron chi connectivity index (χ0n) is 12.2. The highest BCUT2D eigenvalue weighted by atomic mass is 19.4. The molecule has 0 N–H and O–H groups in total. The van der Waals surface area contributed by atoms with Crippen molar-refractivity contribution in [1.29, 1.82) is 0 Å². The van der Waals surface area contributed by atoms with Gasteiger partial charge in [-0.05, 0) is 26.8 Å². The van der Waals surface area contributed by atoms with E-state index in [-0.39, 0.29) is 6.42 Å². The molecule has 1 fully saturated rings. The van der Waals surface area contributed by atoms with Gasteiger partial charge in [-0.25, -0.2) is 0 Å². The monoisotopic (exact) mass is 289 g/mol. The van der Waals surface area contributed by atoms with Crippen molar-refractivity contribution < 1.29 is 13.2 Å². The summed E-state index contributed by atoms with van der Waals surface area (Å²) in [7, 11) is 3.64. The maximum atomic E-state index is 13.1. The van der Waals surface area contributed by atoms with Crippen molar-refractivity contribution in [1.82, 2.24) is 14.7 Å². The van der Waals surface area contributed by atoms with E-state index < -0.39 is 18.1 Å². The lowest BCUT2D eigenvalue weighted by molar-refractivity contribution is -0.198. The smallest absolute Gasteiger partial charge is 0.298 e. The first-order valence-electron chi connectivity index (χ1n) is 7.05. The lowest BCUT2D eigenvalue weighted by atomic mass is 9.83. The van der Waals surface area contributed by atoms with Crippen molar-refractivity contribution in [3.05, 3.63) is 17.5 Å². The second kappa shape index (κ2) is 5.76. The minimum Gasteiger partial charge on any atom is -0.298 e. The van der Waals surface area contributed by atoms with Crippen molar-refractivity contribution >= 4 is 0 Å². The summed E-state index contributed by atoms with van der Waals surface area (Å²) >= 11 is 0. The van der Waals surface area contributed by atoms with Crippen molar-refractivity contribution in [2.45, 2.75) is 51.4 Å². The molecular weight excluding hydrogens is 267 g/mol. The molecule has 0 radical (unpaired) electrons. The highest BCUT2D eigenvalue weighted by Gasteiger charge is 2.46. The van der Waals surface area contributed by atoms with E-state index in [9.17, 15) is 13.2 Å². The van der Waals surface area contributed by atoms with E-state index >= 15 is 0 Å². The molecular formula is C14H22F3N3. The van der Waals surface area contributed by atoms with Gasteiger partial charge in [-0.3, -0.25) is 9.58 Å². The Labute approximate surface area is 117 Å². The molecule has 0 aromatic carbocycles. The van der Waals surface area contributed by atoms with Crippen molar-refractivity contribution in [2.24, 2.45) is 13.0 Å². The van der Waals surface area contributed by atoms with E-state index in [1.165, 1.54) is 0 Å². The number of nitrogens with zero attached hydrogens (tertiary/aromatic N) is 3. The van der Waals surface area contributed by atoms with E-state index in [1.54, 1.807) is 17.9 Å². The molecule has 1 aromatic heterocycles. The molecule has 1 heterocycles. The first-order chi connectivity index (χ1) is 9.30. The Morgan fingerprint density at radius 3 is 2.55 bits per heavy atom. The van der Waals surface area contributed by atoms with Crippen LogP contribution < -0.4 is 0 Å². The lowest BCUT2D eigenvalue weighted by Crippen LogP contribution is -2.46. The third-order valence-electron chi connectivity index (χ3n) is 4.47. The minimum atomic E-state index is -4.09. The molecule has 20 heavy (non-hydrogen) atoms. The summed E-state index contributed by atoms with van der Waals surface area (Å²) in [6.07, 6.45) is 0.0964. The van der Waals surface area contributed by atoms with Crippen LogP contribution in [0.1, 0.15) is 36.9 Å². The average Bonchev–Trinajstić information content (AvgIpc) is 2.70. The van der Waals surface area contributed by atoms with Gasteiger partial charge in [0.15, 0.2) is 0 Å². The van der Waals surface area contributed by atoms with Crippen LogP contribution >= 0.6 is 0 Å². The van der Waals surface area contributed by atoms with Crippen LogP contribution in [0.4, 0.5) is 13.2 Å². The van der Waals surface area contributed by atoms with E-state index in [4.69, 9.17) is 0 Å². The van der Waals surface area contributed by atoms with E-state index in [0.717, 1.165) is 17.7 Å². The molecule has 2 rings (SSSR count). The average molecular weight is 289 g/mol. The first-order valence-corrected chi connectivity index (χ1v) is 7.05. The predicted molar refractivity (Wildman–Crippen MR) is 71.2 cm³/mol. The van der Waals surface area contributed by atoms with Crippen LogP contribution in [0, 0.1) is 12.8 Å². The maximum absolute atomic E-state index is 13.1. The Hall–Kier alpha value is -1.04. The van der Waals surface area contributed by atoms with Crippen LogP contribution in [-0.2, 0) is 13.6 Å².